The lowest BCUT2D eigenvalue weighted by molar-refractivity contribution is -0.276. The molecule has 1 heterocycles. The zero-order chi connectivity index (χ0) is 31.0. The maximum atomic E-state index is 13.4. The predicted octanol–water partition coefficient (Wildman–Crippen LogP) is 7.49. The van der Waals surface area contributed by atoms with E-state index in [-0.39, 0.29) is 36.3 Å². The van der Waals surface area contributed by atoms with Crippen LogP contribution in [0.4, 0.5) is 10.5 Å². The van der Waals surface area contributed by atoms with Crippen molar-refractivity contribution in [1.29, 1.82) is 0 Å². The van der Waals surface area contributed by atoms with Crippen LogP contribution in [0.5, 0.6) is 0 Å². The highest BCUT2D eigenvalue weighted by atomic mass is 16.7. The van der Waals surface area contributed by atoms with E-state index in [0.29, 0.717) is 6.04 Å². The summed E-state index contributed by atoms with van der Waals surface area (Å²) in [4.78, 5) is 15.9. The van der Waals surface area contributed by atoms with Gasteiger partial charge in [-0.05, 0) is 92.4 Å². The second-order valence-electron chi connectivity index (χ2n) is 14.9. The van der Waals surface area contributed by atoms with Gasteiger partial charge in [0.2, 0.25) is 0 Å². The molecule has 6 fully saturated rings. The van der Waals surface area contributed by atoms with Gasteiger partial charge in [-0.1, -0.05) is 62.2 Å². The minimum atomic E-state index is -0.573. The van der Waals surface area contributed by atoms with E-state index in [0.717, 1.165) is 72.5 Å². The number of hydrogen-bond acceptors (Lipinski definition) is 5. The van der Waals surface area contributed by atoms with Gasteiger partial charge in [-0.3, -0.25) is 4.90 Å². The first-order valence-corrected chi connectivity index (χ1v) is 17.4. The number of rotatable bonds is 10. The highest BCUT2D eigenvalue weighted by molar-refractivity contribution is 5.90. The van der Waals surface area contributed by atoms with E-state index in [1.807, 2.05) is 42.5 Å². The molecule has 0 spiro atoms. The first-order chi connectivity index (χ1) is 21.9. The first kappa shape index (κ1) is 30.9. The van der Waals surface area contributed by atoms with Crippen molar-refractivity contribution >= 4 is 11.7 Å². The van der Waals surface area contributed by atoms with Crippen LogP contribution in [-0.2, 0) is 16.1 Å². The number of amides is 2. The average molecular weight is 614 g/mol. The quantitative estimate of drug-likeness (QED) is 0.242. The number of ether oxygens (including phenoxy) is 2. The summed E-state index contributed by atoms with van der Waals surface area (Å²) < 4.78 is 13.5. The van der Waals surface area contributed by atoms with Crippen LogP contribution < -0.4 is 10.6 Å². The van der Waals surface area contributed by atoms with E-state index < -0.39 is 6.29 Å². The summed E-state index contributed by atoms with van der Waals surface area (Å²) >= 11 is 0. The molecule has 2 amide bonds. The molecule has 1 saturated heterocycles. The van der Waals surface area contributed by atoms with Crippen molar-refractivity contribution in [3.8, 4) is 0 Å². The molecule has 5 saturated carbocycles. The molecule has 0 unspecified atom stereocenters. The van der Waals surface area contributed by atoms with E-state index in [2.05, 4.69) is 41.2 Å². The minimum Gasteiger partial charge on any atom is -0.392 e. The summed E-state index contributed by atoms with van der Waals surface area (Å²) in [5.41, 5.74) is 3.58. The van der Waals surface area contributed by atoms with Gasteiger partial charge in [-0.15, -0.1) is 6.58 Å². The number of nitrogens with one attached hydrogen (secondary N) is 2. The Balaban J connectivity index is 1.09. The zero-order valence-corrected chi connectivity index (χ0v) is 26.8. The van der Waals surface area contributed by atoms with E-state index in [1.165, 1.54) is 44.9 Å². The van der Waals surface area contributed by atoms with E-state index >= 15 is 0 Å². The van der Waals surface area contributed by atoms with Crippen LogP contribution in [0.3, 0.4) is 0 Å². The molecule has 6 aliphatic rings. The van der Waals surface area contributed by atoms with Crippen molar-refractivity contribution in [3.05, 3.63) is 77.9 Å². The summed E-state index contributed by atoms with van der Waals surface area (Å²) in [6.07, 6.45) is 13.6. The number of aliphatic hydroxyl groups excluding tert-OH is 1. The Kier molecular flexibility index (Phi) is 9.06. The monoisotopic (exact) mass is 613 g/mol. The standard InChI is InChI=1S/C38H51N3O4/c1-3-15-41(33-9-4-5-10-33)23-34-25(2)35(30-13-11-26(24-42)12-14-30)45-36(44-34)31-7-6-8-32(19-31)39-37(43)40-38-20-27-16-28(21-38)18-29(17-27)22-38/h3,6-8,11-14,19,25,27-29,33-36,42H,1,4-5,9-10,15-18,20-24H2,2H3,(H2,39,40,43)/t25-,27?,28?,29?,34+,35+,36+,38?/m1/s1. The molecule has 2 aromatic carbocycles. The predicted molar refractivity (Wildman–Crippen MR) is 176 cm³/mol. The fourth-order valence-corrected chi connectivity index (χ4v) is 9.80. The van der Waals surface area contributed by atoms with Crippen molar-refractivity contribution in [2.75, 3.05) is 18.4 Å². The second-order valence-corrected chi connectivity index (χ2v) is 14.9. The molecular weight excluding hydrogens is 562 g/mol. The maximum absolute atomic E-state index is 13.4. The van der Waals surface area contributed by atoms with E-state index in [9.17, 15) is 9.90 Å². The third-order valence-corrected chi connectivity index (χ3v) is 11.6. The number of benzene rings is 2. The molecule has 8 rings (SSSR count). The number of aliphatic hydroxyl groups is 1. The van der Waals surface area contributed by atoms with Gasteiger partial charge in [0.15, 0.2) is 6.29 Å². The number of nitrogens with zero attached hydrogens (tertiary/aromatic N) is 1. The van der Waals surface area contributed by atoms with Crippen LogP contribution in [0.2, 0.25) is 0 Å². The van der Waals surface area contributed by atoms with Gasteiger partial charge in [-0.25, -0.2) is 4.79 Å². The molecule has 0 radical (unpaired) electrons. The zero-order valence-electron chi connectivity index (χ0n) is 26.8. The molecule has 7 heteroatoms. The smallest absolute Gasteiger partial charge is 0.319 e. The van der Waals surface area contributed by atoms with Gasteiger partial charge in [0.05, 0.1) is 18.8 Å². The van der Waals surface area contributed by atoms with Gasteiger partial charge >= 0.3 is 6.03 Å². The molecule has 3 N–H and O–H groups in total. The minimum absolute atomic E-state index is 0.0177. The number of carbonyl (C=O) groups excluding carboxylic acids is 1. The van der Waals surface area contributed by atoms with Crippen molar-refractivity contribution in [3.63, 3.8) is 0 Å². The number of anilines is 1. The van der Waals surface area contributed by atoms with Crippen LogP contribution in [0.25, 0.3) is 0 Å². The van der Waals surface area contributed by atoms with Gasteiger partial charge in [-0.2, -0.15) is 0 Å². The Morgan fingerprint density at radius 2 is 1.69 bits per heavy atom. The average Bonchev–Trinajstić information content (AvgIpc) is 3.56. The van der Waals surface area contributed by atoms with Crippen molar-refractivity contribution in [2.24, 2.45) is 23.7 Å². The molecule has 7 nitrogen and oxygen atoms in total. The molecule has 4 bridgehead atoms. The lowest BCUT2D eigenvalue weighted by Gasteiger charge is -2.56. The SMILES string of the molecule is C=CCN(C[C@@H]1O[C@H](c2cccc(NC(=O)NC34CC5CC(CC(C5)C3)C4)c2)O[C@H](c2ccc(CO)cc2)[C@@H]1C)C1CCCC1. The fourth-order valence-electron chi connectivity index (χ4n) is 9.80. The molecular formula is C38H51N3O4. The fraction of sp³-hybridized carbons (Fsp3) is 0.605. The number of hydrogen-bond donors (Lipinski definition) is 3. The summed E-state index contributed by atoms with van der Waals surface area (Å²) in [6, 6.07) is 16.5. The van der Waals surface area contributed by atoms with Crippen molar-refractivity contribution < 1.29 is 19.4 Å². The molecule has 4 atom stereocenters. The third-order valence-electron chi connectivity index (χ3n) is 11.6. The van der Waals surface area contributed by atoms with E-state index in [4.69, 9.17) is 9.47 Å². The first-order valence-electron chi connectivity index (χ1n) is 17.4. The number of urea groups is 1. The van der Waals surface area contributed by atoms with Crippen LogP contribution >= 0.6 is 0 Å². The third kappa shape index (κ3) is 6.73. The van der Waals surface area contributed by atoms with Gasteiger partial charge < -0.3 is 25.2 Å². The van der Waals surface area contributed by atoms with Gasteiger partial charge in [0.25, 0.3) is 0 Å². The summed E-state index contributed by atoms with van der Waals surface area (Å²) in [6.45, 7) is 7.95. The Hall–Kier alpha value is -2.71. The highest BCUT2D eigenvalue weighted by Gasteiger charge is 2.51. The highest BCUT2D eigenvalue weighted by Crippen LogP contribution is 2.55. The van der Waals surface area contributed by atoms with Crippen LogP contribution in [0, 0.1) is 23.7 Å². The lowest BCUT2D eigenvalue weighted by Crippen LogP contribution is -2.60. The van der Waals surface area contributed by atoms with Crippen molar-refractivity contribution in [2.45, 2.75) is 108 Å². The van der Waals surface area contributed by atoms with Gasteiger partial charge in [0, 0.05) is 41.8 Å². The summed E-state index contributed by atoms with van der Waals surface area (Å²) in [7, 11) is 0. The van der Waals surface area contributed by atoms with Crippen LogP contribution in [-0.4, -0.2) is 46.8 Å². The normalized spacial score (nSPS) is 34.2. The largest absolute Gasteiger partial charge is 0.392 e. The Morgan fingerprint density at radius 1 is 1.00 bits per heavy atom. The lowest BCUT2D eigenvalue weighted by atomic mass is 9.53. The molecule has 1 aliphatic heterocycles. The van der Waals surface area contributed by atoms with E-state index in [1.54, 1.807) is 0 Å². The Morgan fingerprint density at radius 3 is 2.33 bits per heavy atom. The number of carbonyl (C=O) groups is 1. The summed E-state index contributed by atoms with van der Waals surface area (Å²) in [5, 5.41) is 16.2. The topological polar surface area (TPSA) is 83.1 Å². The van der Waals surface area contributed by atoms with Crippen LogP contribution in [0.1, 0.15) is 100 Å². The molecule has 45 heavy (non-hydrogen) atoms. The molecule has 0 aromatic heterocycles. The van der Waals surface area contributed by atoms with Gasteiger partial charge in [0.1, 0.15) is 0 Å². The summed E-state index contributed by atoms with van der Waals surface area (Å²) in [5.74, 6) is 2.45. The maximum Gasteiger partial charge on any atom is 0.319 e. The Bertz CT molecular complexity index is 1300. The molecule has 5 aliphatic carbocycles. The van der Waals surface area contributed by atoms with Crippen LogP contribution in [0.15, 0.2) is 61.2 Å². The second kappa shape index (κ2) is 13.2. The Labute approximate surface area is 268 Å². The molecule has 2 aromatic rings. The van der Waals surface area contributed by atoms with Crippen molar-refractivity contribution in [1.82, 2.24) is 10.2 Å². The molecule has 242 valence electrons.